The minimum absolute atomic E-state index is 0.0216. The summed E-state index contributed by atoms with van der Waals surface area (Å²) in [6, 6.07) is 0. The van der Waals surface area contributed by atoms with Crippen LogP contribution in [0.5, 0.6) is 0 Å². The summed E-state index contributed by atoms with van der Waals surface area (Å²) in [7, 11) is 1.15. The molecule has 0 spiro atoms. The molecule has 11 nitrogen and oxygen atoms in total. The fraction of sp³-hybridized carbons (Fsp3) is 0.647. The third kappa shape index (κ3) is 4.51. The van der Waals surface area contributed by atoms with Crippen molar-refractivity contribution in [1.82, 2.24) is 0 Å². The summed E-state index contributed by atoms with van der Waals surface area (Å²) >= 11 is 0. The maximum atomic E-state index is 11.9. The fourth-order valence-corrected chi connectivity index (χ4v) is 3.10. The molecular formula is C17H24O11. The summed E-state index contributed by atoms with van der Waals surface area (Å²) < 4.78 is 20.8. The number of rotatable bonds is 6. The van der Waals surface area contributed by atoms with Crippen LogP contribution in [0.2, 0.25) is 0 Å². The topological polar surface area (TPSA) is 172 Å². The Morgan fingerprint density at radius 1 is 1.21 bits per heavy atom. The van der Waals surface area contributed by atoms with Gasteiger partial charge in [0.25, 0.3) is 0 Å². The van der Waals surface area contributed by atoms with Crippen molar-refractivity contribution in [3.05, 3.63) is 23.5 Å². The summed E-state index contributed by atoms with van der Waals surface area (Å²) in [5.41, 5.74) is 0.244. The van der Waals surface area contributed by atoms with E-state index in [0.29, 0.717) is 0 Å². The van der Waals surface area contributed by atoms with E-state index in [2.05, 4.69) is 4.74 Å². The third-order valence-corrected chi connectivity index (χ3v) is 4.61. The smallest absolute Gasteiger partial charge is 0.337 e. The van der Waals surface area contributed by atoms with E-state index in [1.54, 1.807) is 6.92 Å². The maximum Gasteiger partial charge on any atom is 0.337 e. The average molecular weight is 404 g/mol. The number of carbonyl (C=O) groups excluding carboxylic acids is 1. The minimum Gasteiger partial charge on any atom is -0.481 e. The number of ether oxygens (including phenoxy) is 4. The van der Waals surface area contributed by atoms with Crippen molar-refractivity contribution in [3.63, 3.8) is 0 Å². The molecule has 7 atom stereocenters. The molecule has 5 N–H and O–H groups in total. The third-order valence-electron chi connectivity index (χ3n) is 4.61. The normalized spacial score (nSPS) is 37.1. The lowest BCUT2D eigenvalue weighted by Crippen LogP contribution is -2.60. The Hall–Kier alpha value is -2.02. The highest BCUT2D eigenvalue weighted by Crippen LogP contribution is 2.35. The first kappa shape index (κ1) is 22.3. The van der Waals surface area contributed by atoms with Crippen LogP contribution in [0.4, 0.5) is 0 Å². The standard InChI is InChI=1S/C17H24O11/c1-3-7-8(4-11(19)20)9(15(24)25-2)6-26-16(7)28-17-14(23)13(22)12(21)10(5-18)27-17/h3,6,8,10,12-14,16-18,21-23H,4-5H2,1-2H3,(H,19,20)/b7-3+/t8-,10+,12+,13-,14+,16-,17-/m0/s1. The van der Waals surface area contributed by atoms with E-state index in [1.807, 2.05) is 0 Å². The number of allylic oxidation sites excluding steroid dienone is 1. The summed E-state index contributed by atoms with van der Waals surface area (Å²) in [4.78, 5) is 23.2. The molecule has 28 heavy (non-hydrogen) atoms. The monoisotopic (exact) mass is 404 g/mol. The summed E-state index contributed by atoms with van der Waals surface area (Å²) in [6.45, 7) is 0.943. The van der Waals surface area contributed by atoms with Crippen LogP contribution in [0, 0.1) is 5.92 Å². The number of carboxylic acids is 1. The van der Waals surface area contributed by atoms with Crippen LogP contribution in [0.1, 0.15) is 13.3 Å². The van der Waals surface area contributed by atoms with Crippen molar-refractivity contribution in [1.29, 1.82) is 0 Å². The maximum absolute atomic E-state index is 11.9. The van der Waals surface area contributed by atoms with E-state index in [1.165, 1.54) is 6.08 Å². The van der Waals surface area contributed by atoms with Gasteiger partial charge in [-0.2, -0.15) is 0 Å². The number of hydrogen-bond donors (Lipinski definition) is 5. The van der Waals surface area contributed by atoms with E-state index in [9.17, 15) is 35.1 Å². The summed E-state index contributed by atoms with van der Waals surface area (Å²) in [5.74, 6) is -2.86. The first-order valence-corrected chi connectivity index (χ1v) is 8.52. The molecule has 0 radical (unpaired) electrons. The first-order chi connectivity index (χ1) is 13.2. The number of esters is 1. The fourth-order valence-electron chi connectivity index (χ4n) is 3.10. The molecule has 1 saturated heterocycles. The molecule has 0 aromatic heterocycles. The molecule has 1 fully saturated rings. The number of hydrogen-bond acceptors (Lipinski definition) is 10. The molecule has 0 saturated carbocycles. The van der Waals surface area contributed by atoms with Gasteiger partial charge in [-0.15, -0.1) is 0 Å². The number of carbonyl (C=O) groups is 2. The highest BCUT2D eigenvalue weighted by atomic mass is 16.8. The number of methoxy groups -OCH3 is 1. The zero-order valence-corrected chi connectivity index (χ0v) is 15.3. The van der Waals surface area contributed by atoms with Gasteiger partial charge in [-0.1, -0.05) is 6.08 Å². The Kier molecular flexibility index (Phi) is 7.52. The van der Waals surface area contributed by atoms with Gasteiger partial charge in [-0.3, -0.25) is 4.79 Å². The molecule has 0 aromatic rings. The quantitative estimate of drug-likeness (QED) is 0.251. The van der Waals surface area contributed by atoms with Crippen molar-refractivity contribution in [2.75, 3.05) is 13.7 Å². The van der Waals surface area contributed by atoms with E-state index >= 15 is 0 Å². The Bertz CT molecular complexity index is 641. The highest BCUT2D eigenvalue weighted by Gasteiger charge is 2.46. The van der Waals surface area contributed by atoms with Crippen molar-refractivity contribution in [2.45, 2.75) is 50.3 Å². The SMILES string of the molecule is C/C=C1/[C@H](O[C@@H]2O[C@H](CO)[C@@H](O)[C@H](O)[C@H]2O)OC=C(C(=O)OC)[C@H]1CC(=O)O. The second kappa shape index (κ2) is 9.45. The van der Waals surface area contributed by atoms with E-state index < -0.39 is 67.9 Å². The Balaban J connectivity index is 2.26. The van der Waals surface area contributed by atoms with Crippen LogP contribution in [0.3, 0.4) is 0 Å². The van der Waals surface area contributed by atoms with Gasteiger partial charge in [0.1, 0.15) is 24.4 Å². The van der Waals surface area contributed by atoms with Crippen LogP contribution in [-0.4, -0.2) is 88.2 Å². The molecule has 2 aliphatic heterocycles. The van der Waals surface area contributed by atoms with Crippen molar-refractivity contribution in [3.8, 4) is 0 Å². The molecule has 0 aliphatic carbocycles. The van der Waals surface area contributed by atoms with E-state index in [-0.39, 0.29) is 11.1 Å². The van der Waals surface area contributed by atoms with E-state index in [0.717, 1.165) is 13.4 Å². The molecule has 158 valence electrons. The molecular weight excluding hydrogens is 380 g/mol. The second-order valence-corrected chi connectivity index (χ2v) is 6.31. The van der Waals surface area contributed by atoms with Gasteiger partial charge < -0.3 is 44.5 Å². The van der Waals surface area contributed by atoms with Gasteiger partial charge >= 0.3 is 11.9 Å². The molecule has 2 aliphatic rings. The second-order valence-electron chi connectivity index (χ2n) is 6.31. The molecule has 2 heterocycles. The van der Waals surface area contributed by atoms with Gasteiger partial charge in [0.2, 0.25) is 6.29 Å². The lowest BCUT2D eigenvalue weighted by Gasteiger charge is -2.41. The summed E-state index contributed by atoms with van der Waals surface area (Å²) in [5, 5.41) is 48.2. The number of aliphatic carboxylic acids is 1. The number of carboxylic acid groups (broad SMARTS) is 1. The van der Waals surface area contributed by atoms with Crippen LogP contribution < -0.4 is 0 Å². The summed E-state index contributed by atoms with van der Waals surface area (Å²) in [6.07, 6.45) is -6.72. The minimum atomic E-state index is -1.66. The lowest BCUT2D eigenvalue weighted by atomic mass is 9.86. The van der Waals surface area contributed by atoms with Gasteiger partial charge in [0, 0.05) is 11.5 Å². The number of aliphatic hydroxyl groups excluding tert-OH is 4. The van der Waals surface area contributed by atoms with Crippen LogP contribution in [-0.2, 0) is 28.5 Å². The van der Waals surface area contributed by atoms with Crippen LogP contribution in [0.15, 0.2) is 23.5 Å². The zero-order valence-electron chi connectivity index (χ0n) is 15.3. The van der Waals surface area contributed by atoms with E-state index in [4.69, 9.17) is 14.2 Å². The van der Waals surface area contributed by atoms with Gasteiger partial charge in [0.05, 0.1) is 32.0 Å². The van der Waals surface area contributed by atoms with Crippen LogP contribution >= 0.6 is 0 Å². The molecule has 0 unspecified atom stereocenters. The average Bonchev–Trinajstić information content (AvgIpc) is 2.67. The van der Waals surface area contributed by atoms with Crippen molar-refractivity contribution < 1.29 is 54.1 Å². The highest BCUT2D eigenvalue weighted by molar-refractivity contribution is 5.90. The van der Waals surface area contributed by atoms with Crippen molar-refractivity contribution in [2.24, 2.45) is 5.92 Å². The molecule has 0 amide bonds. The predicted octanol–water partition coefficient (Wildman–Crippen LogP) is -1.75. The molecule has 2 rings (SSSR count). The Labute approximate surface area is 160 Å². The molecule has 0 aromatic carbocycles. The van der Waals surface area contributed by atoms with Gasteiger partial charge in [0.15, 0.2) is 6.29 Å². The lowest BCUT2D eigenvalue weighted by molar-refractivity contribution is -0.327. The largest absolute Gasteiger partial charge is 0.481 e. The van der Waals surface area contributed by atoms with Gasteiger partial charge in [-0.05, 0) is 6.92 Å². The molecule has 0 bridgehead atoms. The number of aliphatic hydroxyl groups is 4. The first-order valence-electron chi connectivity index (χ1n) is 8.52. The van der Waals surface area contributed by atoms with Crippen molar-refractivity contribution >= 4 is 11.9 Å². The Morgan fingerprint density at radius 2 is 1.89 bits per heavy atom. The van der Waals surface area contributed by atoms with Gasteiger partial charge in [-0.25, -0.2) is 4.79 Å². The zero-order chi connectivity index (χ0) is 21.0. The predicted molar refractivity (Wildman–Crippen MR) is 89.3 cm³/mol. The molecule has 11 heteroatoms. The van der Waals surface area contributed by atoms with Crippen LogP contribution in [0.25, 0.3) is 0 Å². The Morgan fingerprint density at radius 3 is 2.43 bits per heavy atom.